The van der Waals surface area contributed by atoms with Crippen molar-refractivity contribution >= 4 is 23.0 Å². The molecular weight excluding hydrogens is 418 g/mol. The van der Waals surface area contributed by atoms with Gasteiger partial charge in [-0.05, 0) is 48.0 Å². The second kappa shape index (κ2) is 10.8. The number of benzene rings is 3. The van der Waals surface area contributed by atoms with E-state index in [0.29, 0.717) is 17.2 Å². The van der Waals surface area contributed by atoms with E-state index < -0.39 is 0 Å². The molecule has 0 unspecified atom stereocenters. The van der Waals surface area contributed by atoms with Crippen LogP contribution in [-0.4, -0.2) is 30.8 Å². The van der Waals surface area contributed by atoms with Crippen molar-refractivity contribution in [2.75, 3.05) is 13.7 Å². The summed E-state index contributed by atoms with van der Waals surface area (Å²) in [6.45, 7) is 0.167. The summed E-state index contributed by atoms with van der Waals surface area (Å²) in [6.07, 6.45) is 3.30. The quantitative estimate of drug-likeness (QED) is 0.308. The number of carbonyl (C=O) groups excluding carboxylic acids is 1. The van der Waals surface area contributed by atoms with Crippen LogP contribution < -0.4 is 19.6 Å². The van der Waals surface area contributed by atoms with E-state index in [9.17, 15) is 4.79 Å². The first-order valence-corrected chi connectivity index (χ1v) is 10.4. The van der Waals surface area contributed by atoms with E-state index in [1.165, 1.54) is 0 Å². The van der Waals surface area contributed by atoms with E-state index in [0.717, 1.165) is 22.0 Å². The van der Waals surface area contributed by atoms with Crippen molar-refractivity contribution in [2.45, 2.75) is 6.61 Å². The third kappa shape index (κ3) is 5.86. The number of rotatable bonds is 9. The second-order valence-electron chi connectivity index (χ2n) is 7.09. The van der Waals surface area contributed by atoms with Crippen LogP contribution in [0, 0.1) is 0 Å². The molecular formula is C26H23N3O4. The van der Waals surface area contributed by atoms with Crippen molar-refractivity contribution in [3.05, 3.63) is 96.2 Å². The van der Waals surface area contributed by atoms with Crippen LogP contribution in [0.2, 0.25) is 0 Å². The van der Waals surface area contributed by atoms with Gasteiger partial charge in [0.25, 0.3) is 5.91 Å². The molecule has 166 valence electrons. The maximum absolute atomic E-state index is 11.9. The van der Waals surface area contributed by atoms with E-state index in [1.54, 1.807) is 31.7 Å². The van der Waals surface area contributed by atoms with E-state index in [1.807, 2.05) is 66.7 Å². The molecule has 33 heavy (non-hydrogen) atoms. The zero-order valence-corrected chi connectivity index (χ0v) is 18.1. The van der Waals surface area contributed by atoms with E-state index in [4.69, 9.17) is 14.2 Å². The average molecular weight is 441 g/mol. The normalized spacial score (nSPS) is 10.8. The first kappa shape index (κ1) is 21.8. The number of pyridine rings is 1. The minimum absolute atomic E-state index is 0.123. The van der Waals surface area contributed by atoms with Gasteiger partial charge < -0.3 is 14.2 Å². The summed E-state index contributed by atoms with van der Waals surface area (Å²) in [6, 6.07) is 24.4. The predicted octanol–water partition coefficient (Wildman–Crippen LogP) is 4.35. The maximum atomic E-state index is 11.9. The van der Waals surface area contributed by atoms with Crippen LogP contribution in [0.5, 0.6) is 17.2 Å². The highest BCUT2D eigenvalue weighted by molar-refractivity contribution is 5.84. The third-order valence-electron chi connectivity index (χ3n) is 4.80. The highest BCUT2D eigenvalue weighted by Crippen LogP contribution is 2.26. The van der Waals surface area contributed by atoms with Crippen molar-refractivity contribution in [3.8, 4) is 17.2 Å². The molecule has 0 spiro atoms. The number of nitrogens with zero attached hydrogens (tertiary/aromatic N) is 2. The summed E-state index contributed by atoms with van der Waals surface area (Å²) in [5.41, 5.74) is 4.89. The number of ether oxygens (including phenoxy) is 3. The second-order valence-corrected chi connectivity index (χ2v) is 7.09. The molecule has 0 fully saturated rings. The molecule has 1 aromatic heterocycles. The minimum Gasteiger partial charge on any atom is -0.496 e. The predicted molar refractivity (Wildman–Crippen MR) is 127 cm³/mol. The molecule has 0 bridgehead atoms. The van der Waals surface area contributed by atoms with Gasteiger partial charge in [0.1, 0.15) is 29.4 Å². The number of carbonyl (C=O) groups is 1. The molecule has 0 saturated heterocycles. The Labute approximate surface area is 191 Å². The molecule has 0 aliphatic heterocycles. The van der Waals surface area contributed by atoms with Crippen molar-refractivity contribution < 1.29 is 19.0 Å². The standard InChI is InChI=1S/C26H23N3O4/c1-31-23-13-12-19(16-28-29-25(30)18-32-22-9-3-2-4-10-22)15-21(23)17-33-24-11-5-7-20-8-6-14-27-26(20)24/h2-16H,17-18H2,1H3,(H,29,30). The smallest absolute Gasteiger partial charge is 0.277 e. The summed E-state index contributed by atoms with van der Waals surface area (Å²) in [7, 11) is 1.61. The Hall–Kier alpha value is -4.39. The Kier molecular flexibility index (Phi) is 7.12. The first-order valence-electron chi connectivity index (χ1n) is 10.4. The minimum atomic E-state index is -0.351. The lowest BCUT2D eigenvalue weighted by atomic mass is 10.1. The summed E-state index contributed by atoms with van der Waals surface area (Å²) < 4.78 is 16.9. The lowest BCUT2D eigenvalue weighted by molar-refractivity contribution is -0.123. The highest BCUT2D eigenvalue weighted by atomic mass is 16.5. The molecule has 1 N–H and O–H groups in total. The van der Waals surface area contributed by atoms with Gasteiger partial charge in [-0.3, -0.25) is 9.78 Å². The van der Waals surface area contributed by atoms with E-state index >= 15 is 0 Å². The molecule has 0 aliphatic carbocycles. The maximum Gasteiger partial charge on any atom is 0.277 e. The summed E-state index contributed by atoms with van der Waals surface area (Å²) in [5.74, 6) is 1.66. The van der Waals surface area contributed by atoms with E-state index in [-0.39, 0.29) is 19.1 Å². The molecule has 0 aliphatic rings. The Balaban J connectivity index is 1.38. The molecule has 4 rings (SSSR count). The number of hydrogen-bond acceptors (Lipinski definition) is 6. The number of nitrogens with one attached hydrogen (secondary N) is 1. The van der Waals surface area contributed by atoms with Gasteiger partial charge in [-0.1, -0.05) is 36.4 Å². The van der Waals surface area contributed by atoms with Crippen molar-refractivity contribution in [1.82, 2.24) is 10.4 Å². The number of aromatic nitrogens is 1. The van der Waals surface area contributed by atoms with Gasteiger partial charge >= 0.3 is 0 Å². The van der Waals surface area contributed by atoms with Crippen LogP contribution in [-0.2, 0) is 11.4 Å². The van der Waals surface area contributed by atoms with Crippen LogP contribution in [0.15, 0.2) is 90.2 Å². The Bertz CT molecular complexity index is 1250. The van der Waals surface area contributed by atoms with Crippen LogP contribution in [0.25, 0.3) is 10.9 Å². The number of para-hydroxylation sites is 2. The van der Waals surface area contributed by atoms with Crippen LogP contribution >= 0.6 is 0 Å². The molecule has 0 saturated carbocycles. The fourth-order valence-corrected chi connectivity index (χ4v) is 3.22. The molecule has 4 aromatic rings. The monoisotopic (exact) mass is 441 g/mol. The summed E-state index contributed by atoms with van der Waals surface area (Å²) in [5, 5.41) is 5.02. The van der Waals surface area contributed by atoms with Gasteiger partial charge in [-0.25, -0.2) is 5.43 Å². The summed E-state index contributed by atoms with van der Waals surface area (Å²) >= 11 is 0. The number of fused-ring (bicyclic) bond motifs is 1. The first-order chi connectivity index (χ1) is 16.2. The number of hydrazone groups is 1. The molecule has 3 aromatic carbocycles. The van der Waals surface area contributed by atoms with Gasteiger partial charge in [-0.15, -0.1) is 0 Å². The molecule has 7 heteroatoms. The Morgan fingerprint density at radius 1 is 0.970 bits per heavy atom. The van der Waals surface area contributed by atoms with Gasteiger partial charge in [0.05, 0.1) is 13.3 Å². The van der Waals surface area contributed by atoms with E-state index in [2.05, 4.69) is 15.5 Å². The molecule has 0 atom stereocenters. The number of amides is 1. The fraction of sp³-hybridized carbons (Fsp3) is 0.115. The largest absolute Gasteiger partial charge is 0.496 e. The number of methoxy groups -OCH3 is 1. The zero-order valence-electron chi connectivity index (χ0n) is 18.1. The lowest BCUT2D eigenvalue weighted by Gasteiger charge is -2.12. The van der Waals surface area contributed by atoms with Crippen molar-refractivity contribution in [1.29, 1.82) is 0 Å². The van der Waals surface area contributed by atoms with Crippen LogP contribution in [0.1, 0.15) is 11.1 Å². The molecule has 1 amide bonds. The number of hydrogen-bond donors (Lipinski definition) is 1. The van der Waals surface area contributed by atoms with Gasteiger partial charge in [0.2, 0.25) is 0 Å². The van der Waals surface area contributed by atoms with Crippen molar-refractivity contribution in [2.24, 2.45) is 5.10 Å². The lowest BCUT2D eigenvalue weighted by Crippen LogP contribution is -2.24. The zero-order chi connectivity index (χ0) is 22.9. The van der Waals surface area contributed by atoms with Gasteiger partial charge in [0.15, 0.2) is 6.61 Å². The average Bonchev–Trinajstić information content (AvgIpc) is 2.87. The molecule has 0 radical (unpaired) electrons. The van der Waals surface area contributed by atoms with Gasteiger partial charge in [-0.2, -0.15) is 5.10 Å². The van der Waals surface area contributed by atoms with Crippen LogP contribution in [0.4, 0.5) is 0 Å². The van der Waals surface area contributed by atoms with Crippen LogP contribution in [0.3, 0.4) is 0 Å². The van der Waals surface area contributed by atoms with Gasteiger partial charge in [0, 0.05) is 17.1 Å². The SMILES string of the molecule is COc1ccc(C=NNC(=O)COc2ccccc2)cc1COc1cccc2cccnc12. The van der Waals surface area contributed by atoms with Crippen molar-refractivity contribution in [3.63, 3.8) is 0 Å². The third-order valence-corrected chi connectivity index (χ3v) is 4.80. The fourth-order valence-electron chi connectivity index (χ4n) is 3.22. The topological polar surface area (TPSA) is 82.0 Å². The molecule has 1 heterocycles. The Morgan fingerprint density at radius 3 is 2.67 bits per heavy atom. The Morgan fingerprint density at radius 2 is 1.82 bits per heavy atom. The highest BCUT2D eigenvalue weighted by Gasteiger charge is 2.08. The summed E-state index contributed by atoms with van der Waals surface area (Å²) in [4.78, 5) is 16.4. The molecule has 7 nitrogen and oxygen atoms in total.